The third kappa shape index (κ3) is 4.52. The lowest BCUT2D eigenvalue weighted by Crippen LogP contribution is -2.18. The van der Waals surface area contributed by atoms with Crippen molar-refractivity contribution in [3.05, 3.63) is 59.4 Å². The Morgan fingerprint density at radius 2 is 1.95 bits per heavy atom. The Kier molecular flexibility index (Phi) is 4.98. The number of hydrogen-bond donors (Lipinski definition) is 2. The predicted octanol–water partition coefficient (Wildman–Crippen LogP) is 2.11. The van der Waals surface area contributed by atoms with Crippen LogP contribution in [0.4, 0.5) is 5.69 Å². The molecule has 0 atom stereocenters. The molecule has 6 nitrogen and oxygen atoms in total. The van der Waals surface area contributed by atoms with Crippen molar-refractivity contribution in [2.75, 3.05) is 5.32 Å². The fraction of sp³-hybridized carbons (Fsp3) is 0.125. The third-order valence-electron chi connectivity index (χ3n) is 2.72. The number of nitrogens with one attached hydrogen (secondary N) is 2. The van der Waals surface area contributed by atoms with Gasteiger partial charge in [-0.1, -0.05) is 12.1 Å². The minimum Gasteiger partial charge on any atom is -0.326 e. The average molecular weight is 296 g/mol. The van der Waals surface area contributed by atoms with Crippen molar-refractivity contribution in [3.8, 4) is 0 Å². The van der Waals surface area contributed by atoms with Gasteiger partial charge in [-0.3, -0.25) is 14.6 Å². The van der Waals surface area contributed by atoms with Gasteiger partial charge < -0.3 is 5.32 Å². The highest BCUT2D eigenvalue weighted by Crippen LogP contribution is 2.10. The fourth-order valence-electron chi connectivity index (χ4n) is 1.80. The highest BCUT2D eigenvalue weighted by Gasteiger charge is 2.05. The molecule has 0 fully saturated rings. The third-order valence-corrected chi connectivity index (χ3v) is 2.72. The number of benzene rings is 1. The number of aromatic nitrogens is 1. The summed E-state index contributed by atoms with van der Waals surface area (Å²) in [5.74, 6) is -0.558. The van der Waals surface area contributed by atoms with E-state index in [9.17, 15) is 9.59 Å². The molecule has 0 saturated heterocycles. The first-order valence-electron chi connectivity index (χ1n) is 6.69. The van der Waals surface area contributed by atoms with E-state index in [1.54, 1.807) is 30.3 Å². The van der Waals surface area contributed by atoms with Gasteiger partial charge in [-0.2, -0.15) is 5.10 Å². The van der Waals surface area contributed by atoms with Crippen LogP contribution in [0.1, 0.15) is 28.7 Å². The number of carbonyl (C=O) groups excluding carboxylic acids is 2. The lowest BCUT2D eigenvalue weighted by Gasteiger charge is -2.04. The van der Waals surface area contributed by atoms with Crippen LogP contribution in [0.2, 0.25) is 0 Å². The molecule has 0 saturated carbocycles. The highest BCUT2D eigenvalue weighted by molar-refractivity contribution is 5.97. The molecular formula is C16H16N4O2. The molecule has 0 unspecified atom stereocenters. The molecule has 0 aliphatic heterocycles. The zero-order valence-corrected chi connectivity index (χ0v) is 12.3. The lowest BCUT2D eigenvalue weighted by molar-refractivity contribution is -0.114. The molecule has 0 aliphatic carbocycles. The first-order chi connectivity index (χ1) is 10.5. The van der Waals surface area contributed by atoms with Gasteiger partial charge in [-0.05, 0) is 37.3 Å². The van der Waals surface area contributed by atoms with Crippen molar-refractivity contribution >= 4 is 23.7 Å². The molecule has 0 radical (unpaired) electrons. The maximum Gasteiger partial charge on any atom is 0.271 e. The first kappa shape index (κ1) is 15.4. The molecule has 2 amide bonds. The smallest absolute Gasteiger partial charge is 0.271 e. The van der Waals surface area contributed by atoms with Gasteiger partial charge in [0.2, 0.25) is 5.91 Å². The molecular weight excluding hydrogens is 280 g/mol. The molecule has 2 aromatic rings. The minimum absolute atomic E-state index is 0.193. The highest BCUT2D eigenvalue weighted by atomic mass is 16.2. The molecule has 1 aromatic heterocycles. The van der Waals surface area contributed by atoms with Crippen LogP contribution in [0, 0.1) is 6.92 Å². The number of hydrazone groups is 1. The van der Waals surface area contributed by atoms with Gasteiger partial charge in [0, 0.05) is 23.9 Å². The summed E-state index contributed by atoms with van der Waals surface area (Å²) in [6.45, 7) is 3.29. The Morgan fingerprint density at radius 1 is 1.18 bits per heavy atom. The van der Waals surface area contributed by atoms with Crippen molar-refractivity contribution in [2.24, 2.45) is 5.10 Å². The van der Waals surface area contributed by atoms with Crippen molar-refractivity contribution in [3.63, 3.8) is 0 Å². The topological polar surface area (TPSA) is 83.5 Å². The minimum atomic E-state index is -0.365. The predicted molar refractivity (Wildman–Crippen MR) is 84.8 cm³/mol. The van der Waals surface area contributed by atoms with E-state index in [0.717, 1.165) is 5.69 Å². The molecule has 112 valence electrons. The summed E-state index contributed by atoms with van der Waals surface area (Å²) in [5, 5.41) is 6.50. The molecule has 2 N–H and O–H groups in total. The Labute approximate surface area is 128 Å². The van der Waals surface area contributed by atoms with E-state index in [4.69, 9.17) is 0 Å². The van der Waals surface area contributed by atoms with Gasteiger partial charge in [0.25, 0.3) is 5.91 Å². The molecule has 1 heterocycles. The largest absolute Gasteiger partial charge is 0.326 e. The summed E-state index contributed by atoms with van der Waals surface area (Å²) in [6, 6.07) is 12.1. The first-order valence-corrected chi connectivity index (χ1v) is 6.69. The van der Waals surface area contributed by atoms with Crippen molar-refractivity contribution < 1.29 is 9.59 Å². The molecule has 1 aromatic carbocycles. The second-order valence-electron chi connectivity index (χ2n) is 4.66. The van der Waals surface area contributed by atoms with E-state index in [1.807, 2.05) is 19.1 Å². The van der Waals surface area contributed by atoms with Crippen LogP contribution in [-0.4, -0.2) is 23.0 Å². The van der Waals surface area contributed by atoms with Gasteiger partial charge in [-0.15, -0.1) is 0 Å². The normalized spacial score (nSPS) is 10.5. The van der Waals surface area contributed by atoms with E-state index < -0.39 is 0 Å². The molecule has 2 rings (SSSR count). The second kappa shape index (κ2) is 7.12. The van der Waals surface area contributed by atoms with Gasteiger partial charge in [0.15, 0.2) is 0 Å². The van der Waals surface area contributed by atoms with Crippen LogP contribution in [-0.2, 0) is 4.79 Å². The molecule has 22 heavy (non-hydrogen) atoms. The number of aryl methyl sites for hydroxylation is 1. The molecule has 0 spiro atoms. The quantitative estimate of drug-likeness (QED) is 0.669. The number of amides is 2. The van der Waals surface area contributed by atoms with E-state index in [-0.39, 0.29) is 11.8 Å². The van der Waals surface area contributed by atoms with Crippen molar-refractivity contribution in [1.29, 1.82) is 0 Å². The number of anilines is 1. The van der Waals surface area contributed by atoms with Crippen LogP contribution in [0.5, 0.6) is 0 Å². The maximum atomic E-state index is 12.0. The van der Waals surface area contributed by atoms with Crippen LogP contribution in [0.15, 0.2) is 47.6 Å². The molecule has 6 heteroatoms. The zero-order chi connectivity index (χ0) is 15.9. The Hall–Kier alpha value is -3.02. The molecule has 0 aliphatic rings. The van der Waals surface area contributed by atoms with Gasteiger partial charge in [-0.25, -0.2) is 5.43 Å². The van der Waals surface area contributed by atoms with Crippen molar-refractivity contribution in [2.45, 2.75) is 13.8 Å². The summed E-state index contributed by atoms with van der Waals surface area (Å²) in [6.07, 6.45) is 1.47. The number of rotatable bonds is 4. The Balaban J connectivity index is 2.01. The van der Waals surface area contributed by atoms with E-state index in [1.165, 1.54) is 13.1 Å². The Bertz CT molecular complexity index is 726. The summed E-state index contributed by atoms with van der Waals surface area (Å²) >= 11 is 0. The second-order valence-corrected chi connectivity index (χ2v) is 4.66. The van der Waals surface area contributed by atoms with Gasteiger partial charge in [0.1, 0.15) is 0 Å². The van der Waals surface area contributed by atoms with E-state index >= 15 is 0 Å². The summed E-state index contributed by atoms with van der Waals surface area (Å²) in [4.78, 5) is 27.2. The summed E-state index contributed by atoms with van der Waals surface area (Å²) < 4.78 is 0. The van der Waals surface area contributed by atoms with E-state index in [0.29, 0.717) is 16.9 Å². The monoisotopic (exact) mass is 296 g/mol. The number of pyridine rings is 1. The zero-order valence-electron chi connectivity index (χ0n) is 12.3. The fourth-order valence-corrected chi connectivity index (χ4v) is 1.80. The average Bonchev–Trinajstić information content (AvgIpc) is 2.47. The van der Waals surface area contributed by atoms with Crippen LogP contribution >= 0.6 is 0 Å². The van der Waals surface area contributed by atoms with Crippen LogP contribution in [0.25, 0.3) is 0 Å². The van der Waals surface area contributed by atoms with Crippen LogP contribution < -0.4 is 10.7 Å². The van der Waals surface area contributed by atoms with E-state index in [2.05, 4.69) is 20.8 Å². The van der Waals surface area contributed by atoms with Crippen molar-refractivity contribution in [1.82, 2.24) is 10.4 Å². The number of carbonyl (C=O) groups is 2. The summed E-state index contributed by atoms with van der Waals surface area (Å²) in [7, 11) is 0. The van der Waals surface area contributed by atoms with Crippen LogP contribution in [0.3, 0.4) is 0 Å². The maximum absolute atomic E-state index is 12.0. The number of nitrogens with zero attached hydrogens (tertiary/aromatic N) is 2. The SMILES string of the molecule is CC(=O)Nc1cccc(C(=O)NN=Cc2cccc(C)n2)c1. The van der Waals surface area contributed by atoms with Gasteiger partial charge in [0.05, 0.1) is 11.9 Å². The number of hydrogen-bond acceptors (Lipinski definition) is 4. The lowest BCUT2D eigenvalue weighted by atomic mass is 10.2. The Morgan fingerprint density at radius 3 is 2.68 bits per heavy atom. The summed E-state index contributed by atoms with van der Waals surface area (Å²) in [5.41, 5.74) is 4.92. The molecule has 0 bridgehead atoms. The van der Waals surface area contributed by atoms with Gasteiger partial charge >= 0.3 is 0 Å². The standard InChI is InChI=1S/C16H16N4O2/c1-11-5-3-8-15(18-11)10-17-20-16(22)13-6-4-7-14(9-13)19-12(2)21/h3-10H,1-2H3,(H,19,21)(H,20,22).